The Morgan fingerprint density at radius 1 is 1.23 bits per heavy atom. The summed E-state index contributed by atoms with van der Waals surface area (Å²) in [7, 11) is 1.85. The van der Waals surface area contributed by atoms with Crippen LogP contribution < -0.4 is 16.6 Å². The molecule has 0 spiro atoms. The number of rotatable bonds is 6. The summed E-state index contributed by atoms with van der Waals surface area (Å²) < 4.78 is 1.73. The van der Waals surface area contributed by atoms with E-state index in [1.54, 1.807) is 10.9 Å². The van der Waals surface area contributed by atoms with Crippen LogP contribution in [-0.4, -0.2) is 61.4 Å². The third kappa shape index (κ3) is 4.31. The summed E-state index contributed by atoms with van der Waals surface area (Å²) in [5, 5.41) is 16.3. The maximum Gasteiger partial charge on any atom is 0.407 e. The highest BCUT2D eigenvalue weighted by atomic mass is 16.4. The molecule has 1 aliphatic rings. The van der Waals surface area contributed by atoms with Gasteiger partial charge in [0.05, 0.1) is 6.20 Å². The molecule has 1 fully saturated rings. The molecule has 1 saturated heterocycles. The van der Waals surface area contributed by atoms with E-state index in [9.17, 15) is 9.59 Å². The minimum Gasteiger partial charge on any atom is -0.465 e. The standard InChI is InChI=1S/C20H22N8O3/c1-27-11-15(7-24-27)13-3-2-4-14(5-13)17-23-8-16(19(29)26-21)18(25-17)22-6-12-9-28(10-12)20(30)31/h2-5,7-8,11-12H,6,9-10,21H2,1H3,(H,26,29)(H,30,31)(H,22,23,25). The first-order chi connectivity index (χ1) is 14.9. The van der Waals surface area contributed by atoms with Crippen molar-refractivity contribution < 1.29 is 14.7 Å². The van der Waals surface area contributed by atoms with Gasteiger partial charge in [0.2, 0.25) is 0 Å². The van der Waals surface area contributed by atoms with Crippen molar-refractivity contribution in [2.45, 2.75) is 0 Å². The van der Waals surface area contributed by atoms with Crippen LogP contribution in [0.5, 0.6) is 0 Å². The number of likely N-dealkylation sites (tertiary alicyclic amines) is 1. The van der Waals surface area contributed by atoms with E-state index in [0.29, 0.717) is 31.3 Å². The van der Waals surface area contributed by atoms with Gasteiger partial charge in [-0.2, -0.15) is 5.10 Å². The number of nitrogens with one attached hydrogen (secondary N) is 2. The zero-order valence-corrected chi connectivity index (χ0v) is 16.8. The first-order valence-electron chi connectivity index (χ1n) is 9.63. The monoisotopic (exact) mass is 422 g/mol. The molecule has 4 rings (SSSR count). The smallest absolute Gasteiger partial charge is 0.407 e. The van der Waals surface area contributed by atoms with Gasteiger partial charge in [0.15, 0.2) is 5.82 Å². The second-order valence-corrected chi connectivity index (χ2v) is 7.35. The van der Waals surface area contributed by atoms with Gasteiger partial charge < -0.3 is 15.3 Å². The van der Waals surface area contributed by atoms with Crippen LogP contribution in [0.3, 0.4) is 0 Å². The summed E-state index contributed by atoms with van der Waals surface area (Å²) in [6, 6.07) is 7.72. The molecule has 3 heterocycles. The van der Waals surface area contributed by atoms with Crippen molar-refractivity contribution in [3.8, 4) is 22.5 Å². The van der Waals surface area contributed by atoms with Gasteiger partial charge in [-0.1, -0.05) is 18.2 Å². The number of carboxylic acid groups (broad SMARTS) is 1. The average Bonchev–Trinajstić information content (AvgIpc) is 3.18. The Hall–Kier alpha value is -3.99. The van der Waals surface area contributed by atoms with Crippen LogP contribution in [0.1, 0.15) is 10.4 Å². The second-order valence-electron chi connectivity index (χ2n) is 7.35. The van der Waals surface area contributed by atoms with Gasteiger partial charge in [0.25, 0.3) is 5.91 Å². The number of aromatic nitrogens is 4. The van der Waals surface area contributed by atoms with Gasteiger partial charge in [-0.15, -0.1) is 0 Å². The minimum absolute atomic E-state index is 0.136. The molecule has 0 bridgehead atoms. The lowest BCUT2D eigenvalue weighted by molar-refractivity contribution is 0.0864. The molecular weight excluding hydrogens is 400 g/mol. The third-order valence-electron chi connectivity index (χ3n) is 5.11. The molecule has 0 radical (unpaired) electrons. The molecular formula is C20H22N8O3. The molecule has 31 heavy (non-hydrogen) atoms. The van der Waals surface area contributed by atoms with Crippen LogP contribution in [0.2, 0.25) is 0 Å². The van der Waals surface area contributed by atoms with Crippen LogP contribution >= 0.6 is 0 Å². The predicted molar refractivity (Wildman–Crippen MR) is 113 cm³/mol. The Labute approximate surface area is 177 Å². The van der Waals surface area contributed by atoms with Gasteiger partial charge in [-0.25, -0.2) is 20.6 Å². The topological polar surface area (TPSA) is 151 Å². The molecule has 1 aromatic carbocycles. The van der Waals surface area contributed by atoms with Crippen molar-refractivity contribution in [3.63, 3.8) is 0 Å². The minimum atomic E-state index is -0.933. The van der Waals surface area contributed by atoms with Gasteiger partial charge in [0.1, 0.15) is 11.4 Å². The second kappa shape index (κ2) is 8.40. The zero-order chi connectivity index (χ0) is 22.0. The molecule has 160 valence electrons. The van der Waals surface area contributed by atoms with Crippen molar-refractivity contribution in [3.05, 3.63) is 48.4 Å². The van der Waals surface area contributed by atoms with Gasteiger partial charge in [-0.3, -0.25) is 14.9 Å². The van der Waals surface area contributed by atoms with Crippen LogP contribution in [0.15, 0.2) is 42.9 Å². The maximum atomic E-state index is 12.1. The summed E-state index contributed by atoms with van der Waals surface area (Å²) in [5.41, 5.74) is 5.03. The molecule has 0 aliphatic carbocycles. The summed E-state index contributed by atoms with van der Waals surface area (Å²) in [5.74, 6) is 5.70. The molecule has 0 unspecified atom stereocenters. The number of anilines is 1. The average molecular weight is 422 g/mol. The summed E-state index contributed by atoms with van der Waals surface area (Å²) >= 11 is 0. The zero-order valence-electron chi connectivity index (χ0n) is 16.8. The van der Waals surface area contributed by atoms with E-state index in [1.807, 2.05) is 37.5 Å². The Balaban J connectivity index is 1.58. The van der Waals surface area contributed by atoms with E-state index < -0.39 is 12.0 Å². The Kier molecular flexibility index (Phi) is 5.50. The molecule has 5 N–H and O–H groups in total. The maximum absolute atomic E-state index is 12.1. The first kappa shape index (κ1) is 20.3. The van der Waals surface area contributed by atoms with E-state index in [0.717, 1.165) is 16.7 Å². The number of hydrazine groups is 1. The summed E-state index contributed by atoms with van der Waals surface area (Å²) in [6.07, 6.45) is 4.19. The highest BCUT2D eigenvalue weighted by molar-refractivity contribution is 5.98. The molecule has 2 aromatic heterocycles. The van der Waals surface area contributed by atoms with Crippen LogP contribution in [0, 0.1) is 5.92 Å². The van der Waals surface area contributed by atoms with E-state index in [-0.39, 0.29) is 11.5 Å². The van der Waals surface area contributed by atoms with Crippen LogP contribution in [-0.2, 0) is 7.05 Å². The number of carbonyl (C=O) groups is 2. The SMILES string of the molecule is Cn1cc(-c2cccc(-c3ncc(C(=O)NN)c(NCC4CN(C(=O)O)C4)n3)c2)cn1. The molecule has 0 saturated carbocycles. The molecule has 3 aromatic rings. The number of nitrogen functional groups attached to an aromatic ring is 1. The lowest BCUT2D eigenvalue weighted by Gasteiger charge is -2.37. The fourth-order valence-corrected chi connectivity index (χ4v) is 3.40. The Morgan fingerprint density at radius 3 is 2.68 bits per heavy atom. The molecule has 2 amide bonds. The van der Waals surface area contributed by atoms with Crippen molar-refractivity contribution in [2.75, 3.05) is 25.0 Å². The van der Waals surface area contributed by atoms with Gasteiger partial charge in [0, 0.05) is 56.1 Å². The van der Waals surface area contributed by atoms with Crippen LogP contribution in [0.25, 0.3) is 22.5 Å². The molecule has 11 heteroatoms. The Bertz CT molecular complexity index is 1120. The lowest BCUT2D eigenvalue weighted by atomic mass is 10.0. The van der Waals surface area contributed by atoms with E-state index in [2.05, 4.69) is 25.8 Å². The normalized spacial score (nSPS) is 13.5. The van der Waals surface area contributed by atoms with E-state index >= 15 is 0 Å². The van der Waals surface area contributed by atoms with E-state index in [1.165, 1.54) is 11.1 Å². The van der Waals surface area contributed by atoms with Crippen molar-refractivity contribution in [1.82, 2.24) is 30.1 Å². The number of nitrogens with zero attached hydrogens (tertiary/aromatic N) is 5. The fraction of sp³-hybridized carbons (Fsp3) is 0.250. The number of benzene rings is 1. The molecule has 0 atom stereocenters. The lowest BCUT2D eigenvalue weighted by Crippen LogP contribution is -2.51. The van der Waals surface area contributed by atoms with Crippen LogP contribution in [0.4, 0.5) is 10.6 Å². The third-order valence-corrected chi connectivity index (χ3v) is 5.11. The number of hydrogen-bond acceptors (Lipinski definition) is 7. The summed E-state index contributed by atoms with van der Waals surface area (Å²) in [6.45, 7) is 1.35. The van der Waals surface area contributed by atoms with Gasteiger partial charge >= 0.3 is 6.09 Å². The largest absolute Gasteiger partial charge is 0.465 e. The van der Waals surface area contributed by atoms with E-state index in [4.69, 9.17) is 10.9 Å². The Morgan fingerprint density at radius 2 is 2.00 bits per heavy atom. The molecule has 1 aliphatic heterocycles. The quantitative estimate of drug-likeness (QED) is 0.262. The highest BCUT2D eigenvalue weighted by Crippen LogP contribution is 2.26. The number of carbonyl (C=O) groups excluding carboxylic acids is 1. The first-order valence-corrected chi connectivity index (χ1v) is 9.63. The van der Waals surface area contributed by atoms with Crippen molar-refractivity contribution in [2.24, 2.45) is 18.8 Å². The van der Waals surface area contributed by atoms with Gasteiger partial charge in [-0.05, 0) is 11.6 Å². The number of amides is 2. The van der Waals surface area contributed by atoms with Crippen molar-refractivity contribution in [1.29, 1.82) is 0 Å². The highest BCUT2D eigenvalue weighted by Gasteiger charge is 2.30. The fourth-order valence-electron chi connectivity index (χ4n) is 3.40. The predicted octanol–water partition coefficient (Wildman–Crippen LogP) is 1.17. The number of hydrogen-bond donors (Lipinski definition) is 4. The van der Waals surface area contributed by atoms with Crippen molar-refractivity contribution >= 4 is 17.8 Å². The number of nitrogens with two attached hydrogens (primary N) is 1. The number of aryl methyl sites for hydroxylation is 1. The summed E-state index contributed by atoms with van der Waals surface area (Å²) in [4.78, 5) is 33.3. The molecule has 11 nitrogen and oxygen atoms in total.